The van der Waals surface area contributed by atoms with Gasteiger partial charge in [-0.05, 0) is 42.2 Å². The average Bonchev–Trinajstić information content (AvgIpc) is 2.67. The molecule has 0 bridgehead atoms. The SMILES string of the molecule is COc1ccc(C)cc1S(=O)(=O)N(C)CC(=O)N1CCc2ccccc2C1. The summed E-state index contributed by atoms with van der Waals surface area (Å²) in [6, 6.07) is 13.0. The molecule has 0 aliphatic carbocycles. The number of rotatable bonds is 5. The molecule has 144 valence electrons. The molecule has 1 heterocycles. The van der Waals surface area contributed by atoms with Crippen LogP contribution in [0.1, 0.15) is 16.7 Å². The highest BCUT2D eigenvalue weighted by Gasteiger charge is 2.29. The fourth-order valence-corrected chi connectivity index (χ4v) is 4.59. The van der Waals surface area contributed by atoms with Crippen molar-refractivity contribution in [2.24, 2.45) is 0 Å². The molecule has 0 spiro atoms. The van der Waals surface area contributed by atoms with E-state index in [-0.39, 0.29) is 23.1 Å². The number of benzene rings is 2. The van der Waals surface area contributed by atoms with Gasteiger partial charge in [-0.15, -0.1) is 0 Å². The number of aryl methyl sites for hydroxylation is 1. The number of fused-ring (bicyclic) bond motifs is 1. The molecule has 3 rings (SSSR count). The van der Waals surface area contributed by atoms with Gasteiger partial charge in [-0.3, -0.25) is 4.79 Å². The van der Waals surface area contributed by atoms with Crippen LogP contribution in [0.4, 0.5) is 0 Å². The first-order chi connectivity index (χ1) is 12.8. The summed E-state index contributed by atoms with van der Waals surface area (Å²) in [5, 5.41) is 0. The van der Waals surface area contributed by atoms with Crippen molar-refractivity contribution in [1.29, 1.82) is 0 Å². The van der Waals surface area contributed by atoms with E-state index < -0.39 is 10.0 Å². The second-order valence-corrected chi connectivity index (χ2v) is 8.76. The highest BCUT2D eigenvalue weighted by molar-refractivity contribution is 7.89. The van der Waals surface area contributed by atoms with Crippen molar-refractivity contribution in [3.05, 3.63) is 59.2 Å². The standard InChI is InChI=1S/C20H24N2O4S/c1-15-8-9-18(26-3)19(12-15)27(24,25)21(2)14-20(23)22-11-10-16-6-4-5-7-17(16)13-22/h4-9,12H,10-11,13-14H2,1-3H3. The Kier molecular flexibility index (Phi) is 5.53. The van der Waals surface area contributed by atoms with Gasteiger partial charge in [-0.25, -0.2) is 8.42 Å². The normalized spacial score (nSPS) is 14.1. The number of amides is 1. The summed E-state index contributed by atoms with van der Waals surface area (Å²) in [7, 11) is -0.984. The zero-order valence-electron chi connectivity index (χ0n) is 15.8. The molecule has 0 fully saturated rings. The quantitative estimate of drug-likeness (QED) is 0.788. The van der Waals surface area contributed by atoms with Gasteiger partial charge in [-0.1, -0.05) is 30.3 Å². The van der Waals surface area contributed by atoms with E-state index in [2.05, 4.69) is 6.07 Å². The van der Waals surface area contributed by atoms with Gasteiger partial charge in [0.1, 0.15) is 10.6 Å². The molecule has 0 atom stereocenters. The monoisotopic (exact) mass is 388 g/mol. The van der Waals surface area contributed by atoms with Crippen LogP contribution >= 0.6 is 0 Å². The number of ether oxygens (including phenoxy) is 1. The fourth-order valence-electron chi connectivity index (χ4n) is 3.24. The predicted octanol–water partition coefficient (Wildman–Crippen LogP) is 2.21. The molecule has 6 nitrogen and oxygen atoms in total. The molecule has 0 unspecified atom stereocenters. The van der Waals surface area contributed by atoms with E-state index in [1.165, 1.54) is 19.7 Å². The minimum Gasteiger partial charge on any atom is -0.495 e. The molecule has 0 N–H and O–H groups in total. The Morgan fingerprint density at radius 1 is 1.19 bits per heavy atom. The highest BCUT2D eigenvalue weighted by atomic mass is 32.2. The number of nitrogens with zero attached hydrogens (tertiary/aromatic N) is 2. The molecule has 0 saturated carbocycles. The van der Waals surface area contributed by atoms with Crippen molar-refractivity contribution in [2.45, 2.75) is 24.8 Å². The molecular formula is C20H24N2O4S. The zero-order valence-corrected chi connectivity index (χ0v) is 16.6. The van der Waals surface area contributed by atoms with Gasteiger partial charge >= 0.3 is 0 Å². The number of carbonyl (C=O) groups excluding carboxylic acids is 1. The Balaban J connectivity index is 1.76. The van der Waals surface area contributed by atoms with Crippen LogP contribution in [0, 0.1) is 6.92 Å². The number of hydrogen-bond donors (Lipinski definition) is 0. The van der Waals surface area contributed by atoms with E-state index in [0.717, 1.165) is 21.9 Å². The molecule has 1 aliphatic heterocycles. The first-order valence-electron chi connectivity index (χ1n) is 8.78. The second kappa shape index (κ2) is 7.70. The van der Waals surface area contributed by atoms with Crippen LogP contribution in [-0.4, -0.2) is 50.8 Å². The molecule has 2 aromatic carbocycles. The van der Waals surface area contributed by atoms with E-state index in [1.54, 1.807) is 23.1 Å². The lowest BCUT2D eigenvalue weighted by atomic mass is 10.00. The first-order valence-corrected chi connectivity index (χ1v) is 10.2. The third kappa shape index (κ3) is 3.99. The maximum Gasteiger partial charge on any atom is 0.246 e. The van der Waals surface area contributed by atoms with Crippen LogP contribution in [-0.2, 0) is 27.8 Å². The number of methoxy groups -OCH3 is 1. The Morgan fingerprint density at radius 2 is 1.89 bits per heavy atom. The lowest BCUT2D eigenvalue weighted by Gasteiger charge is -2.30. The summed E-state index contributed by atoms with van der Waals surface area (Å²) in [4.78, 5) is 14.5. The highest BCUT2D eigenvalue weighted by Crippen LogP contribution is 2.27. The van der Waals surface area contributed by atoms with Crippen LogP contribution in [0.25, 0.3) is 0 Å². The minimum absolute atomic E-state index is 0.0734. The molecule has 0 aromatic heterocycles. The van der Waals surface area contributed by atoms with Crippen molar-refractivity contribution in [1.82, 2.24) is 9.21 Å². The van der Waals surface area contributed by atoms with E-state index in [1.807, 2.05) is 25.1 Å². The Bertz CT molecular complexity index is 956. The number of carbonyl (C=O) groups is 1. The minimum atomic E-state index is -3.84. The lowest BCUT2D eigenvalue weighted by Crippen LogP contribution is -2.43. The van der Waals surface area contributed by atoms with Gasteiger partial charge < -0.3 is 9.64 Å². The summed E-state index contributed by atoms with van der Waals surface area (Å²) < 4.78 is 32.2. The Morgan fingerprint density at radius 3 is 2.59 bits per heavy atom. The molecule has 7 heteroatoms. The summed E-state index contributed by atoms with van der Waals surface area (Å²) in [6.45, 7) is 2.71. The van der Waals surface area contributed by atoms with E-state index >= 15 is 0 Å². The topological polar surface area (TPSA) is 66.9 Å². The van der Waals surface area contributed by atoms with Crippen molar-refractivity contribution < 1.29 is 17.9 Å². The number of sulfonamides is 1. The molecule has 27 heavy (non-hydrogen) atoms. The van der Waals surface area contributed by atoms with Crippen LogP contribution in [0.3, 0.4) is 0 Å². The van der Waals surface area contributed by atoms with E-state index in [9.17, 15) is 13.2 Å². The van der Waals surface area contributed by atoms with Crippen molar-refractivity contribution >= 4 is 15.9 Å². The molecule has 1 aliphatic rings. The van der Waals surface area contributed by atoms with Gasteiger partial charge in [0.25, 0.3) is 0 Å². The molecular weight excluding hydrogens is 364 g/mol. The average molecular weight is 388 g/mol. The second-order valence-electron chi connectivity index (χ2n) is 6.75. The van der Waals surface area contributed by atoms with Crippen molar-refractivity contribution in [3.63, 3.8) is 0 Å². The lowest BCUT2D eigenvalue weighted by molar-refractivity contribution is -0.132. The largest absolute Gasteiger partial charge is 0.495 e. The number of hydrogen-bond acceptors (Lipinski definition) is 4. The van der Waals surface area contributed by atoms with Gasteiger partial charge in [0.05, 0.1) is 13.7 Å². The predicted molar refractivity (Wildman–Crippen MR) is 103 cm³/mol. The summed E-state index contributed by atoms with van der Waals surface area (Å²) in [6.07, 6.45) is 0.782. The third-order valence-electron chi connectivity index (χ3n) is 4.85. The van der Waals surface area contributed by atoms with Crippen LogP contribution in [0.2, 0.25) is 0 Å². The van der Waals surface area contributed by atoms with Crippen molar-refractivity contribution in [3.8, 4) is 5.75 Å². The third-order valence-corrected chi connectivity index (χ3v) is 6.67. The van der Waals surface area contributed by atoms with Gasteiger partial charge in [-0.2, -0.15) is 4.31 Å². The molecule has 0 saturated heterocycles. The zero-order chi connectivity index (χ0) is 19.6. The Labute approximate surface area is 160 Å². The summed E-state index contributed by atoms with van der Waals surface area (Å²) in [5.41, 5.74) is 3.16. The van der Waals surface area contributed by atoms with E-state index in [0.29, 0.717) is 13.1 Å². The van der Waals surface area contributed by atoms with Crippen LogP contribution < -0.4 is 4.74 Å². The van der Waals surface area contributed by atoms with E-state index in [4.69, 9.17) is 4.74 Å². The molecule has 2 aromatic rings. The number of likely N-dealkylation sites (N-methyl/N-ethyl adjacent to an activating group) is 1. The van der Waals surface area contributed by atoms with Crippen LogP contribution in [0.5, 0.6) is 5.75 Å². The van der Waals surface area contributed by atoms with Gasteiger partial charge in [0, 0.05) is 20.1 Å². The Hall–Kier alpha value is -2.38. The summed E-state index contributed by atoms with van der Waals surface area (Å²) in [5.74, 6) is 0.0639. The molecule has 1 amide bonds. The van der Waals surface area contributed by atoms with Gasteiger partial charge in [0.2, 0.25) is 15.9 Å². The van der Waals surface area contributed by atoms with Gasteiger partial charge in [0.15, 0.2) is 0 Å². The smallest absolute Gasteiger partial charge is 0.246 e. The summed E-state index contributed by atoms with van der Waals surface area (Å²) >= 11 is 0. The maximum absolute atomic E-state index is 13.0. The van der Waals surface area contributed by atoms with Crippen LogP contribution in [0.15, 0.2) is 47.4 Å². The first kappa shape index (κ1) is 19.4. The maximum atomic E-state index is 13.0. The fraction of sp³-hybridized carbons (Fsp3) is 0.350. The van der Waals surface area contributed by atoms with Crippen molar-refractivity contribution in [2.75, 3.05) is 27.2 Å². The molecule has 0 radical (unpaired) electrons.